The predicted molar refractivity (Wildman–Crippen MR) is 88.6 cm³/mol. The number of carbonyl (C=O) groups excluding carboxylic acids is 1. The van der Waals surface area contributed by atoms with E-state index in [0.29, 0.717) is 31.2 Å². The van der Waals surface area contributed by atoms with Crippen LogP contribution in [0, 0.1) is 5.92 Å². The van der Waals surface area contributed by atoms with E-state index in [0.717, 1.165) is 12.8 Å². The van der Waals surface area contributed by atoms with Crippen LogP contribution in [0.5, 0.6) is 0 Å². The van der Waals surface area contributed by atoms with Crippen LogP contribution in [0.3, 0.4) is 0 Å². The van der Waals surface area contributed by atoms with E-state index in [2.05, 4.69) is 12.2 Å². The Morgan fingerprint density at radius 1 is 1.52 bits per heavy atom. The van der Waals surface area contributed by atoms with Gasteiger partial charge in [-0.1, -0.05) is 6.92 Å². The van der Waals surface area contributed by atoms with Crippen LogP contribution in [-0.4, -0.2) is 48.9 Å². The van der Waals surface area contributed by atoms with Crippen LogP contribution >= 0.6 is 0 Å². The molecule has 0 radical (unpaired) electrons. The maximum atomic E-state index is 12.8. The number of carbonyl (C=O) groups is 1. The van der Waals surface area contributed by atoms with Crippen molar-refractivity contribution in [3.05, 3.63) is 18.0 Å². The van der Waals surface area contributed by atoms with Gasteiger partial charge in [-0.25, -0.2) is 8.42 Å². The first-order valence-electron chi connectivity index (χ1n) is 7.93. The van der Waals surface area contributed by atoms with Crippen molar-refractivity contribution < 1.29 is 13.2 Å². The molecule has 1 saturated heterocycles. The predicted octanol–water partition coefficient (Wildman–Crippen LogP) is 0.523. The Labute approximate surface area is 137 Å². The van der Waals surface area contributed by atoms with Gasteiger partial charge in [-0.2, -0.15) is 4.31 Å². The number of sulfonamides is 1. The fourth-order valence-corrected chi connectivity index (χ4v) is 4.44. The molecule has 130 valence electrons. The second kappa shape index (κ2) is 7.02. The average Bonchev–Trinajstić information content (AvgIpc) is 2.90. The van der Waals surface area contributed by atoms with Gasteiger partial charge in [0.2, 0.25) is 10.0 Å². The van der Waals surface area contributed by atoms with Crippen molar-refractivity contribution in [1.29, 1.82) is 0 Å². The highest BCUT2D eigenvalue weighted by Crippen LogP contribution is 2.24. The number of nitrogens with zero attached hydrogens (tertiary/aromatic N) is 2. The molecule has 1 aromatic heterocycles. The molecule has 1 fully saturated rings. The van der Waals surface area contributed by atoms with E-state index in [1.54, 1.807) is 18.5 Å². The molecule has 23 heavy (non-hydrogen) atoms. The zero-order valence-corrected chi connectivity index (χ0v) is 14.8. The van der Waals surface area contributed by atoms with Gasteiger partial charge in [0.05, 0.1) is 0 Å². The summed E-state index contributed by atoms with van der Waals surface area (Å²) in [6.45, 7) is 5.25. The number of nitrogens with one attached hydrogen (secondary N) is 1. The fourth-order valence-electron chi connectivity index (χ4n) is 2.77. The van der Waals surface area contributed by atoms with Crippen molar-refractivity contribution >= 4 is 15.9 Å². The normalized spacial score (nSPS) is 21.1. The zero-order valence-electron chi connectivity index (χ0n) is 13.9. The summed E-state index contributed by atoms with van der Waals surface area (Å²) in [7, 11) is -1.89. The molecule has 2 rings (SSSR count). The smallest absolute Gasteiger partial charge is 0.268 e. The van der Waals surface area contributed by atoms with Crippen molar-refractivity contribution in [2.75, 3.05) is 19.6 Å². The minimum Gasteiger partial charge on any atom is -0.347 e. The molecule has 1 amide bonds. The lowest BCUT2D eigenvalue weighted by Crippen LogP contribution is -2.39. The van der Waals surface area contributed by atoms with E-state index in [9.17, 15) is 13.2 Å². The Morgan fingerprint density at radius 3 is 2.83 bits per heavy atom. The number of nitrogens with two attached hydrogens (primary N) is 1. The Balaban J connectivity index is 2.24. The molecule has 0 saturated carbocycles. The molecule has 0 spiro atoms. The number of piperidine rings is 1. The zero-order chi connectivity index (χ0) is 17.2. The summed E-state index contributed by atoms with van der Waals surface area (Å²) in [5.41, 5.74) is 5.81. The Kier molecular flexibility index (Phi) is 5.49. The number of rotatable bonds is 5. The van der Waals surface area contributed by atoms with Gasteiger partial charge in [0.15, 0.2) is 0 Å². The molecule has 0 aromatic carbocycles. The summed E-state index contributed by atoms with van der Waals surface area (Å²) < 4.78 is 28.6. The van der Waals surface area contributed by atoms with Crippen molar-refractivity contribution in [2.24, 2.45) is 18.7 Å². The van der Waals surface area contributed by atoms with Gasteiger partial charge in [0.1, 0.15) is 10.6 Å². The van der Waals surface area contributed by atoms with Crippen LogP contribution in [0.1, 0.15) is 37.2 Å². The van der Waals surface area contributed by atoms with Gasteiger partial charge in [0.25, 0.3) is 5.91 Å². The maximum Gasteiger partial charge on any atom is 0.268 e. The molecule has 1 aliphatic heterocycles. The third-order valence-corrected chi connectivity index (χ3v) is 6.03. The van der Waals surface area contributed by atoms with E-state index in [-0.39, 0.29) is 16.8 Å². The first-order valence-corrected chi connectivity index (χ1v) is 9.37. The van der Waals surface area contributed by atoms with Crippen LogP contribution in [0.2, 0.25) is 0 Å². The first-order chi connectivity index (χ1) is 10.8. The van der Waals surface area contributed by atoms with Crippen molar-refractivity contribution in [2.45, 2.75) is 37.6 Å². The number of hydrogen-bond acceptors (Lipinski definition) is 4. The minimum absolute atomic E-state index is 0.166. The van der Waals surface area contributed by atoms with Gasteiger partial charge >= 0.3 is 0 Å². The molecular weight excluding hydrogens is 316 g/mol. The molecule has 2 heterocycles. The molecular formula is C15H26N4O3S. The third-order valence-electron chi connectivity index (χ3n) is 4.20. The highest BCUT2D eigenvalue weighted by atomic mass is 32.2. The third kappa shape index (κ3) is 3.94. The number of aryl methyl sites for hydroxylation is 1. The lowest BCUT2D eigenvalue weighted by molar-refractivity contribution is 0.0933. The molecule has 8 heteroatoms. The summed E-state index contributed by atoms with van der Waals surface area (Å²) in [4.78, 5) is 12.4. The summed E-state index contributed by atoms with van der Waals surface area (Å²) in [6.07, 6.45) is 3.41. The topological polar surface area (TPSA) is 97.4 Å². The fraction of sp³-hybridized carbons (Fsp3) is 0.667. The molecule has 0 aliphatic carbocycles. The second-order valence-corrected chi connectivity index (χ2v) is 8.33. The van der Waals surface area contributed by atoms with E-state index in [1.165, 1.54) is 16.6 Å². The monoisotopic (exact) mass is 342 g/mol. The molecule has 1 unspecified atom stereocenters. The number of aromatic nitrogens is 1. The lowest BCUT2D eigenvalue weighted by Gasteiger charge is -2.29. The van der Waals surface area contributed by atoms with Crippen molar-refractivity contribution in [3.8, 4) is 0 Å². The van der Waals surface area contributed by atoms with Gasteiger partial charge in [-0.05, 0) is 31.7 Å². The van der Waals surface area contributed by atoms with Crippen LogP contribution < -0.4 is 11.1 Å². The molecule has 1 aliphatic rings. The standard InChI is InChI=1S/C15H26N4O3S/c1-11-5-4-6-19(9-11)23(21,22)13-7-14(18(3)10-13)15(20)17-12(2)8-16/h7,10-12H,4-6,8-9,16H2,1-3H3,(H,17,20)/t11?,12-/m0/s1. The summed E-state index contributed by atoms with van der Waals surface area (Å²) in [5.74, 6) is 0.0364. The van der Waals surface area contributed by atoms with Gasteiger partial charge in [0, 0.05) is 38.9 Å². The number of amides is 1. The highest BCUT2D eigenvalue weighted by Gasteiger charge is 2.30. The van der Waals surface area contributed by atoms with E-state index < -0.39 is 10.0 Å². The molecule has 7 nitrogen and oxygen atoms in total. The molecule has 1 aromatic rings. The van der Waals surface area contributed by atoms with Gasteiger partial charge < -0.3 is 15.6 Å². The minimum atomic E-state index is -3.56. The van der Waals surface area contributed by atoms with Crippen LogP contribution in [0.15, 0.2) is 17.2 Å². The molecule has 3 N–H and O–H groups in total. The summed E-state index contributed by atoms with van der Waals surface area (Å²) in [6, 6.07) is 1.27. The van der Waals surface area contributed by atoms with Crippen LogP contribution in [0.4, 0.5) is 0 Å². The maximum absolute atomic E-state index is 12.8. The highest BCUT2D eigenvalue weighted by molar-refractivity contribution is 7.89. The van der Waals surface area contributed by atoms with E-state index in [1.807, 2.05) is 0 Å². The lowest BCUT2D eigenvalue weighted by atomic mass is 10.0. The largest absolute Gasteiger partial charge is 0.347 e. The Hall–Kier alpha value is -1.38. The second-order valence-electron chi connectivity index (χ2n) is 6.39. The quantitative estimate of drug-likeness (QED) is 0.815. The number of hydrogen-bond donors (Lipinski definition) is 2. The Morgan fingerprint density at radius 2 is 2.22 bits per heavy atom. The van der Waals surface area contributed by atoms with E-state index >= 15 is 0 Å². The SMILES string of the molecule is CC1CCCN(S(=O)(=O)c2cc(C(=O)N[C@@H](C)CN)n(C)c2)C1. The average molecular weight is 342 g/mol. The van der Waals surface area contributed by atoms with Crippen molar-refractivity contribution in [3.63, 3.8) is 0 Å². The van der Waals surface area contributed by atoms with Gasteiger partial charge in [-0.15, -0.1) is 0 Å². The van der Waals surface area contributed by atoms with Crippen molar-refractivity contribution in [1.82, 2.24) is 14.2 Å². The van der Waals surface area contributed by atoms with Crippen LogP contribution in [0.25, 0.3) is 0 Å². The van der Waals surface area contributed by atoms with Crippen LogP contribution in [-0.2, 0) is 17.1 Å². The molecule has 0 bridgehead atoms. The van der Waals surface area contributed by atoms with Gasteiger partial charge in [-0.3, -0.25) is 4.79 Å². The summed E-state index contributed by atoms with van der Waals surface area (Å²) >= 11 is 0. The Bertz CT molecular complexity index is 668. The first kappa shape index (κ1) is 18.0. The van der Waals surface area contributed by atoms with E-state index in [4.69, 9.17) is 5.73 Å². The molecule has 2 atom stereocenters. The summed E-state index contributed by atoms with van der Waals surface area (Å²) in [5, 5.41) is 2.74.